The van der Waals surface area contributed by atoms with Crippen molar-refractivity contribution in [3.63, 3.8) is 0 Å². The van der Waals surface area contributed by atoms with Crippen LogP contribution in [-0.2, 0) is 0 Å². The van der Waals surface area contributed by atoms with E-state index in [1.165, 1.54) is 0 Å². The Hall–Kier alpha value is -1.52. The smallest absolute Gasteiger partial charge is 0.124 e. The van der Waals surface area contributed by atoms with E-state index in [9.17, 15) is 5.11 Å². The van der Waals surface area contributed by atoms with Gasteiger partial charge in [-0.1, -0.05) is 30.3 Å². The van der Waals surface area contributed by atoms with Gasteiger partial charge in [0.1, 0.15) is 10.8 Å². The molecule has 0 fully saturated rings. The van der Waals surface area contributed by atoms with Gasteiger partial charge in [0.05, 0.1) is 10.2 Å². The van der Waals surface area contributed by atoms with Crippen LogP contribution >= 0.6 is 24.0 Å². The van der Waals surface area contributed by atoms with Crippen molar-refractivity contribution in [1.82, 2.24) is 4.98 Å². The minimum atomic E-state index is 0.228. The highest BCUT2D eigenvalue weighted by Crippen LogP contribution is 2.35. The average Bonchev–Trinajstić information content (AvgIpc) is 2.74. The topological polar surface area (TPSA) is 33.1 Å². The van der Waals surface area contributed by atoms with Crippen molar-refractivity contribution in [2.45, 2.75) is 4.90 Å². The molecular formula is C13H9NOS2. The molecule has 0 aliphatic heterocycles. The van der Waals surface area contributed by atoms with Crippen molar-refractivity contribution in [2.24, 2.45) is 0 Å². The maximum Gasteiger partial charge on any atom is 0.124 e. The number of aromatic hydroxyl groups is 1. The fourth-order valence-corrected chi connectivity index (χ4v) is 3.11. The summed E-state index contributed by atoms with van der Waals surface area (Å²) in [5.41, 5.74) is 1.93. The maximum absolute atomic E-state index is 9.52. The first kappa shape index (κ1) is 10.6. The van der Waals surface area contributed by atoms with Crippen LogP contribution in [0.15, 0.2) is 47.4 Å². The highest BCUT2D eigenvalue weighted by molar-refractivity contribution is 7.80. The molecule has 17 heavy (non-hydrogen) atoms. The number of hydrogen-bond donors (Lipinski definition) is 2. The number of phenolic OH excluding ortho intramolecular Hbond substituents is 1. The van der Waals surface area contributed by atoms with Gasteiger partial charge in [-0.25, -0.2) is 4.98 Å². The van der Waals surface area contributed by atoms with Gasteiger partial charge in [0.2, 0.25) is 0 Å². The molecule has 1 N–H and O–H groups in total. The van der Waals surface area contributed by atoms with E-state index >= 15 is 0 Å². The Morgan fingerprint density at radius 1 is 1.12 bits per heavy atom. The molecule has 1 aromatic heterocycles. The molecule has 0 amide bonds. The molecule has 2 nitrogen and oxygen atoms in total. The van der Waals surface area contributed by atoms with Gasteiger partial charge >= 0.3 is 0 Å². The SMILES string of the molecule is Oc1cc(S)c2nc(-c3ccccc3)sc2c1. The molecule has 3 rings (SSSR count). The van der Waals surface area contributed by atoms with Crippen LogP contribution in [0.4, 0.5) is 0 Å². The Bertz CT molecular complexity index is 676. The molecular weight excluding hydrogens is 250 g/mol. The van der Waals surface area contributed by atoms with E-state index in [4.69, 9.17) is 0 Å². The number of fused-ring (bicyclic) bond motifs is 1. The van der Waals surface area contributed by atoms with E-state index in [0.717, 1.165) is 20.8 Å². The first-order valence-electron chi connectivity index (χ1n) is 5.12. The zero-order valence-corrected chi connectivity index (χ0v) is 10.5. The van der Waals surface area contributed by atoms with Gasteiger partial charge < -0.3 is 5.11 Å². The van der Waals surface area contributed by atoms with E-state index in [1.54, 1.807) is 23.5 Å². The molecule has 3 aromatic rings. The van der Waals surface area contributed by atoms with Gasteiger partial charge in [0.25, 0.3) is 0 Å². The Morgan fingerprint density at radius 2 is 1.88 bits per heavy atom. The minimum Gasteiger partial charge on any atom is -0.508 e. The summed E-state index contributed by atoms with van der Waals surface area (Å²) in [7, 11) is 0. The number of rotatable bonds is 1. The number of thiazole rings is 1. The summed E-state index contributed by atoms with van der Waals surface area (Å²) in [5.74, 6) is 0.228. The standard InChI is InChI=1S/C13H9NOS2/c15-9-6-10(16)12-11(7-9)17-13(14-12)8-4-2-1-3-5-8/h1-7,15-16H. The lowest BCUT2D eigenvalue weighted by atomic mass is 10.2. The van der Waals surface area contributed by atoms with Crippen molar-refractivity contribution < 1.29 is 5.11 Å². The number of hydrogen-bond acceptors (Lipinski definition) is 4. The molecule has 0 saturated carbocycles. The molecule has 0 unspecified atom stereocenters. The van der Waals surface area contributed by atoms with Gasteiger partial charge in [0, 0.05) is 10.5 Å². The number of aromatic nitrogens is 1. The average molecular weight is 259 g/mol. The molecule has 1 heterocycles. The largest absolute Gasteiger partial charge is 0.508 e. The lowest BCUT2D eigenvalue weighted by Gasteiger charge is -1.94. The Kier molecular flexibility index (Phi) is 2.53. The van der Waals surface area contributed by atoms with Crippen LogP contribution in [0.5, 0.6) is 5.75 Å². The Morgan fingerprint density at radius 3 is 2.65 bits per heavy atom. The summed E-state index contributed by atoms with van der Waals surface area (Å²) in [6.45, 7) is 0. The molecule has 84 valence electrons. The summed E-state index contributed by atoms with van der Waals surface area (Å²) in [4.78, 5) is 5.26. The highest BCUT2D eigenvalue weighted by Gasteiger charge is 2.09. The Balaban J connectivity index is 2.24. The van der Waals surface area contributed by atoms with Crippen molar-refractivity contribution in [3.05, 3.63) is 42.5 Å². The third-order valence-corrected chi connectivity index (χ3v) is 3.87. The molecule has 0 atom stereocenters. The second-order valence-corrected chi connectivity index (χ2v) is 5.21. The molecule has 0 bridgehead atoms. The molecule has 0 aliphatic rings. The van der Waals surface area contributed by atoms with Crippen molar-refractivity contribution in [3.8, 4) is 16.3 Å². The third-order valence-electron chi connectivity index (χ3n) is 2.48. The second kappa shape index (κ2) is 4.05. The summed E-state index contributed by atoms with van der Waals surface area (Å²) in [6.07, 6.45) is 0. The predicted molar refractivity (Wildman–Crippen MR) is 74.0 cm³/mol. The first-order valence-corrected chi connectivity index (χ1v) is 6.38. The second-order valence-electron chi connectivity index (χ2n) is 3.70. The first-order chi connectivity index (χ1) is 8.24. The van der Waals surface area contributed by atoms with Crippen molar-refractivity contribution >= 4 is 34.2 Å². The van der Waals surface area contributed by atoms with Gasteiger partial charge in [-0.2, -0.15) is 0 Å². The molecule has 2 aromatic carbocycles. The van der Waals surface area contributed by atoms with Crippen LogP contribution in [0.3, 0.4) is 0 Å². The number of thiol groups is 1. The predicted octanol–water partition coefficient (Wildman–Crippen LogP) is 3.96. The zero-order chi connectivity index (χ0) is 11.8. The number of phenols is 1. The fourth-order valence-electron chi connectivity index (χ4n) is 1.70. The van der Waals surface area contributed by atoms with Crippen LogP contribution in [0.25, 0.3) is 20.8 Å². The molecule has 0 saturated heterocycles. The van der Waals surface area contributed by atoms with Gasteiger partial charge in [-0.15, -0.1) is 24.0 Å². The van der Waals surface area contributed by atoms with Crippen LogP contribution in [0, 0.1) is 0 Å². The third kappa shape index (κ3) is 1.90. The summed E-state index contributed by atoms with van der Waals surface area (Å²) in [6, 6.07) is 13.3. The van der Waals surface area contributed by atoms with Crippen LogP contribution in [-0.4, -0.2) is 10.1 Å². The molecule has 0 spiro atoms. The van der Waals surface area contributed by atoms with Gasteiger partial charge in [-0.3, -0.25) is 0 Å². The minimum absolute atomic E-state index is 0.228. The van der Waals surface area contributed by atoms with E-state index < -0.39 is 0 Å². The van der Waals surface area contributed by atoms with Crippen LogP contribution in [0.1, 0.15) is 0 Å². The van der Waals surface area contributed by atoms with E-state index in [0.29, 0.717) is 4.90 Å². The quantitative estimate of drug-likeness (QED) is 0.648. The van der Waals surface area contributed by atoms with Crippen molar-refractivity contribution in [1.29, 1.82) is 0 Å². The fraction of sp³-hybridized carbons (Fsp3) is 0. The van der Waals surface area contributed by atoms with Crippen molar-refractivity contribution in [2.75, 3.05) is 0 Å². The van der Waals surface area contributed by atoms with E-state index in [1.807, 2.05) is 30.3 Å². The molecule has 4 heteroatoms. The summed E-state index contributed by atoms with van der Waals surface area (Å²) < 4.78 is 0.953. The van der Waals surface area contributed by atoms with Crippen LogP contribution < -0.4 is 0 Å². The van der Waals surface area contributed by atoms with Gasteiger partial charge in [-0.05, 0) is 12.1 Å². The number of nitrogens with zero attached hydrogens (tertiary/aromatic N) is 1. The summed E-state index contributed by atoms with van der Waals surface area (Å²) in [5, 5.41) is 10.5. The van der Waals surface area contributed by atoms with E-state index in [-0.39, 0.29) is 5.75 Å². The maximum atomic E-state index is 9.52. The highest BCUT2D eigenvalue weighted by atomic mass is 32.1. The zero-order valence-electron chi connectivity index (χ0n) is 8.79. The normalized spacial score (nSPS) is 10.9. The molecule has 0 radical (unpaired) electrons. The Labute approximate surface area is 108 Å². The summed E-state index contributed by atoms with van der Waals surface area (Å²) >= 11 is 5.89. The lowest BCUT2D eigenvalue weighted by Crippen LogP contribution is -1.75. The van der Waals surface area contributed by atoms with Crippen LogP contribution in [0.2, 0.25) is 0 Å². The molecule has 0 aliphatic carbocycles. The van der Waals surface area contributed by atoms with Gasteiger partial charge in [0.15, 0.2) is 0 Å². The number of benzene rings is 2. The lowest BCUT2D eigenvalue weighted by molar-refractivity contribution is 0.475. The van der Waals surface area contributed by atoms with E-state index in [2.05, 4.69) is 17.6 Å². The monoisotopic (exact) mass is 259 g/mol.